The predicted octanol–water partition coefficient (Wildman–Crippen LogP) is 3.14. The second-order valence-corrected chi connectivity index (χ2v) is 3.82. The number of hydrogen-bond donors (Lipinski definition) is 0. The molecule has 0 radical (unpaired) electrons. The first kappa shape index (κ1) is 11.7. The molecule has 3 heteroatoms. The van der Waals surface area contributed by atoms with E-state index in [-0.39, 0.29) is 6.79 Å². The molecule has 3 nitrogen and oxygen atoms in total. The Morgan fingerprint density at radius 2 is 1.88 bits per heavy atom. The molecule has 0 aliphatic rings. The van der Waals surface area contributed by atoms with Crippen molar-refractivity contribution in [3.8, 4) is 11.5 Å². The molecule has 2 rings (SSSR count). The van der Waals surface area contributed by atoms with Gasteiger partial charge in [0.2, 0.25) is 0 Å². The molecule has 0 N–H and O–H groups in total. The third-order valence-electron chi connectivity index (χ3n) is 2.71. The predicted molar refractivity (Wildman–Crippen MR) is 67.7 cm³/mol. The molecule has 0 saturated heterocycles. The first-order chi connectivity index (χ1) is 8.27. The van der Waals surface area contributed by atoms with E-state index >= 15 is 0 Å². The highest BCUT2D eigenvalue weighted by atomic mass is 16.7. The molecule has 2 aromatic carbocycles. The summed E-state index contributed by atoms with van der Waals surface area (Å²) in [6.07, 6.45) is 0. The average molecular weight is 232 g/mol. The summed E-state index contributed by atoms with van der Waals surface area (Å²) in [6, 6.07) is 10.1. The lowest BCUT2D eigenvalue weighted by Gasteiger charge is -2.14. The maximum absolute atomic E-state index is 5.62. The van der Waals surface area contributed by atoms with Gasteiger partial charge in [-0.2, -0.15) is 0 Å². The van der Waals surface area contributed by atoms with Crippen molar-refractivity contribution in [2.45, 2.75) is 6.92 Å². The Kier molecular flexibility index (Phi) is 3.49. The second-order valence-electron chi connectivity index (χ2n) is 3.82. The van der Waals surface area contributed by atoms with Gasteiger partial charge < -0.3 is 14.2 Å². The van der Waals surface area contributed by atoms with Crippen molar-refractivity contribution in [1.29, 1.82) is 0 Å². The summed E-state index contributed by atoms with van der Waals surface area (Å²) in [5, 5.41) is 2.21. The van der Waals surface area contributed by atoms with Gasteiger partial charge in [0, 0.05) is 12.5 Å². The molecular weight excluding hydrogens is 216 g/mol. The van der Waals surface area contributed by atoms with E-state index in [1.54, 1.807) is 14.2 Å². The lowest BCUT2D eigenvalue weighted by molar-refractivity contribution is 0.0503. The van der Waals surface area contributed by atoms with Crippen LogP contribution in [-0.2, 0) is 4.74 Å². The maximum atomic E-state index is 5.62. The lowest BCUT2D eigenvalue weighted by Crippen LogP contribution is -2.01. The minimum absolute atomic E-state index is 0.212. The van der Waals surface area contributed by atoms with Crippen LogP contribution in [0.2, 0.25) is 0 Å². The number of fused-ring (bicyclic) bond motifs is 1. The van der Waals surface area contributed by atoms with E-state index in [1.165, 1.54) is 0 Å². The van der Waals surface area contributed by atoms with Crippen LogP contribution in [0.5, 0.6) is 11.5 Å². The van der Waals surface area contributed by atoms with E-state index in [2.05, 4.69) is 19.1 Å². The minimum atomic E-state index is 0.212. The van der Waals surface area contributed by atoms with Gasteiger partial charge in [0.05, 0.1) is 7.11 Å². The SMILES string of the molecule is COCOc1c(OC)ccc2cccc(C)c12. The van der Waals surface area contributed by atoms with Crippen molar-refractivity contribution in [3.05, 3.63) is 35.9 Å². The summed E-state index contributed by atoms with van der Waals surface area (Å²) < 4.78 is 15.9. The van der Waals surface area contributed by atoms with Crippen molar-refractivity contribution in [1.82, 2.24) is 0 Å². The molecule has 0 aliphatic heterocycles. The van der Waals surface area contributed by atoms with Crippen LogP contribution in [0.25, 0.3) is 10.8 Å². The highest BCUT2D eigenvalue weighted by Gasteiger charge is 2.11. The van der Waals surface area contributed by atoms with Crippen molar-refractivity contribution < 1.29 is 14.2 Å². The normalized spacial score (nSPS) is 10.5. The highest BCUT2D eigenvalue weighted by Crippen LogP contribution is 2.37. The summed E-state index contributed by atoms with van der Waals surface area (Å²) >= 11 is 0. The van der Waals surface area contributed by atoms with Crippen molar-refractivity contribution in [2.24, 2.45) is 0 Å². The monoisotopic (exact) mass is 232 g/mol. The third kappa shape index (κ3) is 2.19. The number of methoxy groups -OCH3 is 2. The van der Waals surface area contributed by atoms with Crippen LogP contribution >= 0.6 is 0 Å². The average Bonchev–Trinajstić information content (AvgIpc) is 2.36. The van der Waals surface area contributed by atoms with Gasteiger partial charge in [0.15, 0.2) is 18.3 Å². The fourth-order valence-electron chi connectivity index (χ4n) is 1.93. The van der Waals surface area contributed by atoms with Gasteiger partial charge in [-0.25, -0.2) is 0 Å². The van der Waals surface area contributed by atoms with Crippen LogP contribution in [0, 0.1) is 6.92 Å². The smallest absolute Gasteiger partial charge is 0.188 e. The van der Waals surface area contributed by atoms with Crippen LogP contribution in [-0.4, -0.2) is 21.0 Å². The van der Waals surface area contributed by atoms with Crippen molar-refractivity contribution in [2.75, 3.05) is 21.0 Å². The number of rotatable bonds is 4. The van der Waals surface area contributed by atoms with Gasteiger partial charge in [-0.15, -0.1) is 0 Å². The summed E-state index contributed by atoms with van der Waals surface area (Å²) in [4.78, 5) is 0. The van der Waals surface area contributed by atoms with Gasteiger partial charge in [-0.1, -0.05) is 24.3 Å². The molecule has 0 fully saturated rings. The molecule has 17 heavy (non-hydrogen) atoms. The first-order valence-electron chi connectivity index (χ1n) is 5.46. The van der Waals surface area contributed by atoms with Crippen LogP contribution in [0.15, 0.2) is 30.3 Å². The van der Waals surface area contributed by atoms with Crippen LogP contribution in [0.4, 0.5) is 0 Å². The molecule has 0 heterocycles. The molecule has 0 amide bonds. The van der Waals surface area contributed by atoms with E-state index in [0.717, 1.165) is 27.8 Å². The third-order valence-corrected chi connectivity index (χ3v) is 2.71. The summed E-state index contributed by atoms with van der Waals surface area (Å²) in [5.41, 5.74) is 1.16. The maximum Gasteiger partial charge on any atom is 0.188 e. The van der Waals surface area contributed by atoms with Crippen molar-refractivity contribution in [3.63, 3.8) is 0 Å². The van der Waals surface area contributed by atoms with Crippen LogP contribution in [0.1, 0.15) is 5.56 Å². The number of hydrogen-bond acceptors (Lipinski definition) is 3. The zero-order valence-electron chi connectivity index (χ0n) is 10.3. The minimum Gasteiger partial charge on any atom is -0.493 e. The fourth-order valence-corrected chi connectivity index (χ4v) is 1.93. The summed E-state index contributed by atoms with van der Waals surface area (Å²) in [5.74, 6) is 1.47. The quantitative estimate of drug-likeness (QED) is 0.758. The Hall–Kier alpha value is -1.74. The Morgan fingerprint density at radius 1 is 1.06 bits per heavy atom. The standard InChI is InChI=1S/C14H16O3/c1-10-5-4-6-11-7-8-12(16-3)14(13(10)11)17-9-15-2/h4-8H,9H2,1-3H3. The first-order valence-corrected chi connectivity index (χ1v) is 5.46. The molecule has 0 saturated carbocycles. The largest absolute Gasteiger partial charge is 0.493 e. The molecule has 0 bridgehead atoms. The topological polar surface area (TPSA) is 27.7 Å². The van der Waals surface area contributed by atoms with Gasteiger partial charge in [-0.05, 0) is 23.9 Å². The Labute approximate surface area is 101 Å². The number of benzene rings is 2. The van der Waals surface area contributed by atoms with E-state index in [1.807, 2.05) is 18.2 Å². The Morgan fingerprint density at radius 3 is 2.59 bits per heavy atom. The Bertz CT molecular complexity index is 520. The molecule has 0 aliphatic carbocycles. The molecule has 0 atom stereocenters. The van der Waals surface area contributed by atoms with Gasteiger partial charge in [-0.3, -0.25) is 0 Å². The zero-order valence-corrected chi connectivity index (χ0v) is 10.3. The molecular formula is C14H16O3. The fraction of sp³-hybridized carbons (Fsp3) is 0.286. The van der Waals surface area contributed by atoms with E-state index in [9.17, 15) is 0 Å². The van der Waals surface area contributed by atoms with Crippen LogP contribution in [0.3, 0.4) is 0 Å². The molecule has 2 aromatic rings. The molecule has 0 spiro atoms. The van der Waals surface area contributed by atoms with Gasteiger partial charge in [0.25, 0.3) is 0 Å². The molecule has 0 aromatic heterocycles. The van der Waals surface area contributed by atoms with E-state index in [4.69, 9.17) is 14.2 Å². The highest BCUT2D eigenvalue weighted by molar-refractivity contribution is 5.93. The summed E-state index contributed by atoms with van der Waals surface area (Å²) in [7, 11) is 3.24. The summed E-state index contributed by atoms with van der Waals surface area (Å²) in [6.45, 7) is 2.27. The van der Waals surface area contributed by atoms with Crippen molar-refractivity contribution >= 4 is 10.8 Å². The zero-order chi connectivity index (χ0) is 12.3. The molecule has 0 unspecified atom stereocenters. The Balaban J connectivity index is 2.64. The lowest BCUT2D eigenvalue weighted by atomic mass is 10.0. The van der Waals surface area contributed by atoms with Gasteiger partial charge >= 0.3 is 0 Å². The van der Waals surface area contributed by atoms with Gasteiger partial charge in [0.1, 0.15) is 0 Å². The molecule has 90 valence electrons. The number of aryl methyl sites for hydroxylation is 1. The second kappa shape index (κ2) is 5.06. The van der Waals surface area contributed by atoms with Crippen LogP contribution < -0.4 is 9.47 Å². The number of ether oxygens (including phenoxy) is 3. The van der Waals surface area contributed by atoms with E-state index in [0.29, 0.717) is 0 Å². The van der Waals surface area contributed by atoms with E-state index < -0.39 is 0 Å².